The number of nitrogens with zero attached hydrogens (tertiary/aromatic N) is 6. The zero-order chi connectivity index (χ0) is 30.2. The first kappa shape index (κ1) is 27.2. The van der Waals surface area contributed by atoms with Crippen LogP contribution in [0.15, 0.2) is 35.3 Å². The van der Waals surface area contributed by atoms with Crippen molar-refractivity contribution in [2.24, 2.45) is 0 Å². The molecule has 0 spiro atoms. The molecule has 0 aliphatic carbocycles. The van der Waals surface area contributed by atoms with Crippen LogP contribution in [-0.4, -0.2) is 86.3 Å². The number of terminal acetylenes is 1. The first-order valence-electron chi connectivity index (χ1n) is 15.1. The van der Waals surface area contributed by atoms with Gasteiger partial charge < -0.3 is 20.1 Å². The molecule has 8 rings (SSSR count). The van der Waals surface area contributed by atoms with Crippen LogP contribution in [-0.2, 0) is 0 Å². The molecule has 2 N–H and O–H groups in total. The van der Waals surface area contributed by atoms with Gasteiger partial charge in [0.1, 0.15) is 35.7 Å². The van der Waals surface area contributed by atoms with Crippen LogP contribution in [0.2, 0.25) is 0 Å². The van der Waals surface area contributed by atoms with Crippen LogP contribution >= 0.6 is 0 Å². The summed E-state index contributed by atoms with van der Waals surface area (Å²) in [4.78, 5) is 27.9. The number of phenols is 1. The highest BCUT2D eigenvalue weighted by atomic mass is 19.1. The summed E-state index contributed by atoms with van der Waals surface area (Å²) in [5.74, 6) is 2.16. The minimum Gasteiger partial charge on any atom is -0.508 e. The van der Waals surface area contributed by atoms with Gasteiger partial charge in [-0.15, -0.1) is 6.42 Å². The number of anilines is 1. The lowest BCUT2D eigenvalue weighted by molar-refractivity contribution is 0.107. The molecule has 0 radical (unpaired) electrons. The number of ether oxygens (including phenoxy) is 1. The van der Waals surface area contributed by atoms with Crippen LogP contribution in [0.25, 0.3) is 27.4 Å². The predicted octanol–water partition coefficient (Wildman–Crippen LogP) is 3.05. The van der Waals surface area contributed by atoms with Gasteiger partial charge in [-0.1, -0.05) is 12.0 Å². The van der Waals surface area contributed by atoms with E-state index in [2.05, 4.69) is 31.1 Å². The monoisotopic (exact) mass is 599 g/mol. The predicted molar refractivity (Wildman–Crippen MR) is 161 cm³/mol. The minimum absolute atomic E-state index is 0.0351. The number of hydrogen-bond acceptors (Lipinski definition) is 9. The molecule has 2 bridgehead atoms. The van der Waals surface area contributed by atoms with Crippen LogP contribution in [0.3, 0.4) is 0 Å². The van der Waals surface area contributed by atoms with Gasteiger partial charge in [0.15, 0.2) is 0 Å². The summed E-state index contributed by atoms with van der Waals surface area (Å²) in [6.45, 7) is 2.84. The number of benzene rings is 2. The highest BCUT2D eigenvalue weighted by molar-refractivity contribution is 5.97. The summed E-state index contributed by atoms with van der Waals surface area (Å²) in [6, 6.07) is 6.14. The quantitative estimate of drug-likeness (QED) is 0.335. The Labute approximate surface area is 251 Å². The Kier molecular flexibility index (Phi) is 6.25. The summed E-state index contributed by atoms with van der Waals surface area (Å²) in [7, 11) is 0. The van der Waals surface area contributed by atoms with Gasteiger partial charge in [0.25, 0.3) is 5.56 Å². The third-order valence-corrected chi connectivity index (χ3v) is 9.75. The fourth-order valence-corrected chi connectivity index (χ4v) is 7.79. The third-order valence-electron chi connectivity index (χ3n) is 9.75. The first-order chi connectivity index (χ1) is 21.3. The summed E-state index contributed by atoms with van der Waals surface area (Å²) in [5.41, 5.74) is -0.864. The number of alkyl halides is 1. The molecule has 2 aromatic carbocycles. The van der Waals surface area contributed by atoms with E-state index in [0.29, 0.717) is 54.7 Å². The minimum atomic E-state index is -0.906. The van der Waals surface area contributed by atoms with Crippen molar-refractivity contribution in [2.45, 2.75) is 55.9 Å². The number of halogens is 2. The van der Waals surface area contributed by atoms with Crippen molar-refractivity contribution < 1.29 is 18.6 Å². The molecular weight excluding hydrogens is 568 g/mol. The Hall–Kier alpha value is -4.34. The Morgan fingerprint density at radius 3 is 2.80 bits per heavy atom. The van der Waals surface area contributed by atoms with Gasteiger partial charge in [0.2, 0.25) is 0 Å². The number of piperazine rings is 1. The standard InChI is InChI=1S/C32H31F2N7O3/c1-2-23-25(34)7-4-18-10-22(42)11-26(27(18)23)41-30(43)28-24(13-35-41)29(39-15-20-5-6-21(16-39)36-20)38-31(37-28)44-17-32-8-3-9-40(32)14-19(33)12-32/h1,4,7,10-11,13,19-21,36,42H,3,5-6,8-9,12,14-17H2/t19-,20?,21?,32?/m1/s1. The molecule has 10 nitrogen and oxygen atoms in total. The van der Waals surface area contributed by atoms with Gasteiger partial charge in [0.05, 0.1) is 28.4 Å². The second-order valence-electron chi connectivity index (χ2n) is 12.5. The highest BCUT2D eigenvalue weighted by Crippen LogP contribution is 2.40. The van der Waals surface area contributed by atoms with Crippen LogP contribution < -0.4 is 20.5 Å². The van der Waals surface area contributed by atoms with Crippen LogP contribution in [0, 0.1) is 18.2 Å². The number of fused-ring (bicyclic) bond motifs is 5. The summed E-state index contributed by atoms with van der Waals surface area (Å²) < 4.78 is 36.5. The molecule has 4 fully saturated rings. The second kappa shape index (κ2) is 10.1. The van der Waals surface area contributed by atoms with Crippen LogP contribution in [0.5, 0.6) is 11.8 Å². The maximum absolute atomic E-state index is 14.8. The van der Waals surface area contributed by atoms with Crippen molar-refractivity contribution in [3.8, 4) is 29.8 Å². The number of nitrogens with one attached hydrogen (secondary N) is 1. The van der Waals surface area contributed by atoms with Crippen molar-refractivity contribution in [2.75, 3.05) is 37.7 Å². The fraction of sp³-hybridized carbons (Fsp3) is 0.438. The zero-order valence-electron chi connectivity index (χ0n) is 24.0. The van der Waals surface area contributed by atoms with E-state index in [1.54, 1.807) is 0 Å². The average Bonchev–Trinajstić information content (AvgIpc) is 3.66. The van der Waals surface area contributed by atoms with Crippen molar-refractivity contribution in [1.82, 2.24) is 30.0 Å². The number of aromatic hydroxyl groups is 1. The molecule has 226 valence electrons. The van der Waals surface area contributed by atoms with Gasteiger partial charge in [-0.25, -0.2) is 8.78 Å². The van der Waals surface area contributed by atoms with Gasteiger partial charge in [-0.3, -0.25) is 9.69 Å². The van der Waals surface area contributed by atoms with E-state index in [9.17, 15) is 18.7 Å². The smallest absolute Gasteiger partial charge is 0.319 e. The van der Waals surface area contributed by atoms with Gasteiger partial charge in [-0.2, -0.15) is 19.7 Å². The van der Waals surface area contributed by atoms with Gasteiger partial charge in [-0.05, 0) is 49.7 Å². The normalized spacial score (nSPS) is 26.4. The molecule has 4 atom stereocenters. The Morgan fingerprint density at radius 1 is 1.18 bits per heavy atom. The zero-order valence-corrected chi connectivity index (χ0v) is 24.0. The van der Waals surface area contributed by atoms with Crippen molar-refractivity contribution in [3.63, 3.8) is 0 Å². The Balaban J connectivity index is 1.28. The SMILES string of the molecule is C#Cc1c(F)ccc2cc(O)cc(-n3ncc4c(N5CC6CCC(C5)N6)nc(OCC56CCCN5C[C@H](F)C6)nc4c3=O)c12. The van der Waals surface area contributed by atoms with E-state index in [4.69, 9.17) is 16.1 Å². The molecule has 2 aromatic heterocycles. The van der Waals surface area contributed by atoms with E-state index >= 15 is 0 Å². The van der Waals surface area contributed by atoms with Crippen molar-refractivity contribution in [3.05, 3.63) is 52.2 Å². The molecule has 3 unspecified atom stereocenters. The number of aromatic nitrogens is 4. The number of rotatable bonds is 5. The Morgan fingerprint density at radius 2 is 2.00 bits per heavy atom. The third kappa shape index (κ3) is 4.29. The first-order valence-corrected chi connectivity index (χ1v) is 15.1. The van der Waals surface area contributed by atoms with Gasteiger partial charge in [0, 0.05) is 49.6 Å². The molecule has 4 saturated heterocycles. The maximum Gasteiger partial charge on any atom is 0.319 e. The van der Waals surface area contributed by atoms with Crippen molar-refractivity contribution >= 4 is 27.5 Å². The number of hydrogen-bond donors (Lipinski definition) is 2. The van der Waals surface area contributed by atoms with Gasteiger partial charge >= 0.3 is 6.01 Å². The summed E-state index contributed by atoms with van der Waals surface area (Å²) >= 11 is 0. The van der Waals surface area contributed by atoms with E-state index in [-0.39, 0.29) is 40.5 Å². The lowest BCUT2D eigenvalue weighted by Gasteiger charge is -2.34. The second-order valence-corrected chi connectivity index (χ2v) is 12.5. The summed E-state index contributed by atoms with van der Waals surface area (Å²) in [6.07, 6.45) is 10.6. The maximum atomic E-state index is 14.8. The van der Waals surface area contributed by atoms with E-state index in [1.807, 2.05) is 0 Å². The molecule has 4 aromatic rings. The molecule has 44 heavy (non-hydrogen) atoms. The average molecular weight is 600 g/mol. The molecule has 6 heterocycles. The Bertz CT molecular complexity index is 1910. The topological polar surface area (TPSA) is 109 Å². The largest absolute Gasteiger partial charge is 0.508 e. The van der Waals surface area contributed by atoms with Crippen LogP contribution in [0.1, 0.15) is 37.7 Å². The number of phenolic OH excluding ortho intramolecular Hbond substituents is 1. The van der Waals surface area contributed by atoms with E-state index < -0.39 is 23.1 Å². The van der Waals surface area contributed by atoms with Crippen LogP contribution in [0.4, 0.5) is 14.6 Å². The molecule has 4 aliphatic heterocycles. The lowest BCUT2D eigenvalue weighted by Crippen LogP contribution is -2.51. The fourth-order valence-electron chi connectivity index (χ4n) is 7.79. The van der Waals surface area contributed by atoms with E-state index in [0.717, 1.165) is 36.9 Å². The molecule has 12 heteroatoms. The molecule has 0 saturated carbocycles. The molecule has 0 amide bonds. The van der Waals surface area contributed by atoms with E-state index in [1.165, 1.54) is 30.5 Å². The molecular formula is C32H31F2N7O3. The summed E-state index contributed by atoms with van der Waals surface area (Å²) in [5, 5.41) is 19.8. The van der Waals surface area contributed by atoms with Crippen molar-refractivity contribution in [1.29, 1.82) is 0 Å². The molecule has 4 aliphatic rings. The highest BCUT2D eigenvalue weighted by Gasteiger charge is 2.49. The lowest BCUT2D eigenvalue weighted by atomic mass is 9.95.